The van der Waals surface area contributed by atoms with Crippen LogP contribution >= 0.6 is 21.6 Å². The highest BCUT2D eigenvalue weighted by Crippen LogP contribution is 2.37. The van der Waals surface area contributed by atoms with Gasteiger partial charge in [-0.3, -0.25) is 0 Å². The predicted octanol–water partition coefficient (Wildman–Crippen LogP) is 4.22. The molecule has 2 nitrogen and oxygen atoms in total. The van der Waals surface area contributed by atoms with Crippen molar-refractivity contribution in [3.05, 3.63) is 30.3 Å². The molecule has 0 atom stereocenters. The number of nitrogens with one attached hydrogen (secondary N) is 1. The lowest BCUT2D eigenvalue weighted by Gasteiger charge is -2.24. The minimum atomic E-state index is 0.252. The van der Waals surface area contributed by atoms with Gasteiger partial charge < -0.3 is 10.1 Å². The number of benzene rings is 1. The molecule has 1 aromatic carbocycles. The first kappa shape index (κ1) is 16.7. The summed E-state index contributed by atoms with van der Waals surface area (Å²) >= 11 is 0. The van der Waals surface area contributed by atoms with Crippen LogP contribution in [-0.4, -0.2) is 29.7 Å². The van der Waals surface area contributed by atoms with E-state index < -0.39 is 0 Å². The van der Waals surface area contributed by atoms with Gasteiger partial charge in [0.1, 0.15) is 12.4 Å². The van der Waals surface area contributed by atoms with Gasteiger partial charge in [0.05, 0.1) is 0 Å². The summed E-state index contributed by atoms with van der Waals surface area (Å²) in [7, 11) is 3.90. The molecule has 0 fully saturated rings. The molecular weight excluding hydrogens is 274 g/mol. The molecule has 0 saturated carbocycles. The van der Waals surface area contributed by atoms with Crippen LogP contribution in [0.2, 0.25) is 0 Å². The lowest BCUT2D eigenvalue weighted by molar-refractivity contribution is 0.312. The number of ether oxygens (including phenoxy) is 1. The predicted molar refractivity (Wildman–Crippen MR) is 89.2 cm³/mol. The maximum absolute atomic E-state index is 5.64. The van der Waals surface area contributed by atoms with E-state index in [1.807, 2.05) is 51.9 Å². The van der Waals surface area contributed by atoms with E-state index in [0.717, 1.165) is 18.8 Å². The van der Waals surface area contributed by atoms with Gasteiger partial charge in [0.15, 0.2) is 0 Å². The largest absolute Gasteiger partial charge is 0.492 e. The second kappa shape index (κ2) is 8.77. The Morgan fingerprint density at radius 3 is 2.53 bits per heavy atom. The summed E-state index contributed by atoms with van der Waals surface area (Å²) in [5, 5.41) is 4.13. The van der Waals surface area contributed by atoms with Crippen molar-refractivity contribution in [3.63, 3.8) is 0 Å². The first-order chi connectivity index (χ1) is 8.99. The van der Waals surface area contributed by atoms with Crippen LogP contribution in [0.3, 0.4) is 0 Å². The summed E-state index contributed by atoms with van der Waals surface area (Å²) in [4.78, 5) is 0. The van der Waals surface area contributed by atoms with E-state index in [0.29, 0.717) is 11.9 Å². The Balaban J connectivity index is 2.10. The molecular formula is C15H25NOS2. The van der Waals surface area contributed by atoms with Crippen molar-refractivity contribution >= 4 is 21.6 Å². The SMILES string of the molecule is CC(C)SSC(C)(C)CNCCOc1ccccc1. The number of hydrogen-bond acceptors (Lipinski definition) is 4. The third kappa shape index (κ3) is 8.45. The number of rotatable bonds is 9. The van der Waals surface area contributed by atoms with Gasteiger partial charge in [0.2, 0.25) is 0 Å². The molecule has 4 heteroatoms. The van der Waals surface area contributed by atoms with Crippen LogP contribution in [0, 0.1) is 0 Å². The fourth-order valence-electron chi connectivity index (χ4n) is 1.40. The van der Waals surface area contributed by atoms with Crippen molar-refractivity contribution < 1.29 is 4.74 Å². The maximum atomic E-state index is 5.64. The summed E-state index contributed by atoms with van der Waals surface area (Å²) in [5.74, 6) is 0.938. The third-order valence-electron chi connectivity index (χ3n) is 2.31. The van der Waals surface area contributed by atoms with Crippen LogP contribution in [0.1, 0.15) is 27.7 Å². The molecule has 0 aromatic heterocycles. The molecule has 1 aromatic rings. The summed E-state index contributed by atoms with van der Waals surface area (Å²) in [6, 6.07) is 9.95. The topological polar surface area (TPSA) is 21.3 Å². The smallest absolute Gasteiger partial charge is 0.119 e. The van der Waals surface area contributed by atoms with Gasteiger partial charge in [-0.25, -0.2) is 0 Å². The highest BCUT2D eigenvalue weighted by atomic mass is 33.1. The molecule has 108 valence electrons. The van der Waals surface area contributed by atoms with Crippen LogP contribution in [0.4, 0.5) is 0 Å². The molecule has 0 heterocycles. The summed E-state index contributed by atoms with van der Waals surface area (Å²) in [6.07, 6.45) is 0. The van der Waals surface area contributed by atoms with Gasteiger partial charge in [0.25, 0.3) is 0 Å². The van der Waals surface area contributed by atoms with Gasteiger partial charge in [-0.1, -0.05) is 53.6 Å². The highest BCUT2D eigenvalue weighted by Gasteiger charge is 2.18. The third-order valence-corrected chi connectivity index (χ3v) is 6.18. The van der Waals surface area contributed by atoms with E-state index in [-0.39, 0.29) is 4.75 Å². The van der Waals surface area contributed by atoms with E-state index in [9.17, 15) is 0 Å². The molecule has 0 amide bonds. The monoisotopic (exact) mass is 299 g/mol. The molecule has 0 spiro atoms. The van der Waals surface area contributed by atoms with Crippen molar-refractivity contribution in [1.82, 2.24) is 5.32 Å². The normalized spacial score (nSPS) is 11.8. The zero-order valence-electron chi connectivity index (χ0n) is 12.3. The molecule has 1 rings (SSSR count). The van der Waals surface area contributed by atoms with Gasteiger partial charge in [-0.2, -0.15) is 0 Å². The molecule has 0 unspecified atom stereocenters. The van der Waals surface area contributed by atoms with Gasteiger partial charge >= 0.3 is 0 Å². The summed E-state index contributed by atoms with van der Waals surface area (Å²) in [6.45, 7) is 11.6. The Morgan fingerprint density at radius 2 is 1.89 bits per heavy atom. The summed E-state index contributed by atoms with van der Waals surface area (Å²) in [5.41, 5.74) is 0. The Kier molecular flexibility index (Phi) is 7.73. The molecule has 1 N–H and O–H groups in total. The average molecular weight is 300 g/mol. The van der Waals surface area contributed by atoms with Crippen LogP contribution in [-0.2, 0) is 0 Å². The summed E-state index contributed by atoms with van der Waals surface area (Å²) < 4.78 is 5.90. The lowest BCUT2D eigenvalue weighted by atomic mass is 10.2. The van der Waals surface area contributed by atoms with Gasteiger partial charge in [-0.15, -0.1) is 0 Å². The van der Waals surface area contributed by atoms with Crippen molar-refractivity contribution in [1.29, 1.82) is 0 Å². The van der Waals surface area contributed by atoms with E-state index in [4.69, 9.17) is 4.74 Å². The molecule has 0 aliphatic rings. The minimum absolute atomic E-state index is 0.252. The molecule has 0 aliphatic heterocycles. The first-order valence-corrected chi connectivity index (χ1v) is 8.94. The van der Waals surface area contributed by atoms with Crippen molar-refractivity contribution in [2.24, 2.45) is 0 Å². The Hall–Kier alpha value is -0.320. The molecule has 0 saturated heterocycles. The standard InChI is InChI=1S/C15H25NOS2/c1-13(2)18-19-15(3,4)12-16-10-11-17-14-8-6-5-7-9-14/h5-9,13,16H,10-12H2,1-4H3. The lowest BCUT2D eigenvalue weighted by Crippen LogP contribution is -2.34. The van der Waals surface area contributed by atoms with Gasteiger partial charge in [-0.05, 0) is 26.0 Å². The molecule has 19 heavy (non-hydrogen) atoms. The van der Waals surface area contributed by atoms with E-state index in [1.165, 1.54) is 0 Å². The first-order valence-electron chi connectivity index (χ1n) is 6.73. The maximum Gasteiger partial charge on any atom is 0.119 e. The molecule has 0 bridgehead atoms. The second-order valence-electron chi connectivity index (χ2n) is 5.33. The zero-order chi connectivity index (χ0) is 14.1. The van der Waals surface area contributed by atoms with Crippen LogP contribution in [0.15, 0.2) is 30.3 Å². The van der Waals surface area contributed by atoms with Crippen LogP contribution in [0.5, 0.6) is 5.75 Å². The van der Waals surface area contributed by atoms with Crippen LogP contribution < -0.4 is 10.1 Å². The van der Waals surface area contributed by atoms with E-state index in [1.54, 1.807) is 0 Å². The minimum Gasteiger partial charge on any atom is -0.492 e. The van der Waals surface area contributed by atoms with Gasteiger partial charge in [0, 0.05) is 23.1 Å². The average Bonchev–Trinajstić information content (AvgIpc) is 2.37. The van der Waals surface area contributed by atoms with Crippen molar-refractivity contribution in [2.45, 2.75) is 37.7 Å². The fourth-order valence-corrected chi connectivity index (χ4v) is 3.55. The van der Waals surface area contributed by atoms with E-state index >= 15 is 0 Å². The van der Waals surface area contributed by atoms with Crippen molar-refractivity contribution in [3.8, 4) is 5.75 Å². The number of para-hydroxylation sites is 1. The molecule has 0 aliphatic carbocycles. The Morgan fingerprint density at radius 1 is 1.21 bits per heavy atom. The Labute approximate surface area is 125 Å². The van der Waals surface area contributed by atoms with Crippen LogP contribution in [0.25, 0.3) is 0 Å². The number of hydrogen-bond donors (Lipinski definition) is 1. The van der Waals surface area contributed by atoms with Crippen molar-refractivity contribution in [2.75, 3.05) is 19.7 Å². The Bertz CT molecular complexity index is 341. The van der Waals surface area contributed by atoms with E-state index in [2.05, 4.69) is 33.0 Å². The molecule has 0 radical (unpaired) electrons. The fraction of sp³-hybridized carbons (Fsp3) is 0.600. The quantitative estimate of drug-likeness (QED) is 0.544. The second-order valence-corrected chi connectivity index (χ2v) is 8.81. The highest BCUT2D eigenvalue weighted by molar-refractivity contribution is 8.77. The zero-order valence-corrected chi connectivity index (χ0v) is 13.9.